The Morgan fingerprint density at radius 2 is 2.20 bits per heavy atom. The first kappa shape index (κ1) is 15.0. The number of likely N-dealkylation sites (N-methyl/N-ethyl adjacent to an activating group) is 1. The molecule has 0 unspecified atom stereocenters. The highest BCUT2D eigenvalue weighted by molar-refractivity contribution is 7.10. The zero-order chi connectivity index (χ0) is 14.4. The Morgan fingerprint density at radius 1 is 1.45 bits per heavy atom. The number of carbonyl (C=O) groups excluding carboxylic acids is 1. The number of amides is 1. The predicted molar refractivity (Wildman–Crippen MR) is 79.4 cm³/mol. The largest absolute Gasteiger partial charge is 0.395 e. The molecule has 2 rings (SSSR count). The Balaban J connectivity index is 1.88. The number of hydrazine groups is 1. The van der Waals surface area contributed by atoms with Crippen molar-refractivity contribution in [1.82, 2.24) is 15.3 Å². The second-order valence-electron chi connectivity index (χ2n) is 4.71. The highest BCUT2D eigenvalue weighted by atomic mass is 32.1. The molecule has 0 atom stereocenters. The molecule has 20 heavy (non-hydrogen) atoms. The normalized spacial score (nSPS) is 16.5. The van der Waals surface area contributed by atoms with E-state index in [1.165, 1.54) is 11.3 Å². The Morgan fingerprint density at radius 3 is 2.90 bits per heavy atom. The minimum Gasteiger partial charge on any atom is -0.395 e. The van der Waals surface area contributed by atoms with Gasteiger partial charge in [0.05, 0.1) is 17.0 Å². The number of hydrogen-bond acceptors (Lipinski definition) is 5. The van der Waals surface area contributed by atoms with Crippen LogP contribution < -0.4 is 5.43 Å². The minimum absolute atomic E-state index is 0.0646. The number of aliphatic hydroxyl groups excluding tert-OH is 1. The number of aliphatic hydroxyl groups is 1. The number of thiophene rings is 1. The van der Waals surface area contributed by atoms with E-state index in [1.54, 1.807) is 6.07 Å². The van der Waals surface area contributed by atoms with E-state index < -0.39 is 0 Å². The maximum absolute atomic E-state index is 12.1. The summed E-state index contributed by atoms with van der Waals surface area (Å²) in [6.07, 6.45) is 0.459. The van der Waals surface area contributed by atoms with Crippen LogP contribution in [0.25, 0.3) is 0 Å². The SMILES string of the molecule is CN1CCN(NC(=O)c2csc(C#CCCO)c2)CC1. The lowest BCUT2D eigenvalue weighted by Crippen LogP contribution is -2.52. The van der Waals surface area contributed by atoms with Crippen LogP contribution in [0.2, 0.25) is 0 Å². The van der Waals surface area contributed by atoms with E-state index in [0.29, 0.717) is 12.0 Å². The molecule has 1 aromatic rings. The van der Waals surface area contributed by atoms with Gasteiger partial charge in [-0.2, -0.15) is 0 Å². The minimum atomic E-state index is -0.0824. The molecule has 0 aromatic carbocycles. The third-order valence-electron chi connectivity index (χ3n) is 3.07. The molecule has 1 aliphatic rings. The molecule has 108 valence electrons. The van der Waals surface area contributed by atoms with Crippen LogP contribution in [0, 0.1) is 11.8 Å². The Labute approximate surface area is 123 Å². The monoisotopic (exact) mass is 293 g/mol. The lowest BCUT2D eigenvalue weighted by atomic mass is 10.3. The summed E-state index contributed by atoms with van der Waals surface area (Å²) < 4.78 is 0. The molecule has 2 N–H and O–H groups in total. The van der Waals surface area contributed by atoms with E-state index in [1.807, 2.05) is 10.4 Å². The molecule has 2 heterocycles. The van der Waals surface area contributed by atoms with E-state index in [0.717, 1.165) is 31.1 Å². The number of nitrogens with zero attached hydrogens (tertiary/aromatic N) is 2. The first-order valence-corrected chi connectivity index (χ1v) is 7.50. The summed E-state index contributed by atoms with van der Waals surface area (Å²) in [5.74, 6) is 5.71. The van der Waals surface area contributed by atoms with Crippen molar-refractivity contribution in [2.24, 2.45) is 0 Å². The fraction of sp³-hybridized carbons (Fsp3) is 0.500. The fourth-order valence-corrected chi connectivity index (χ4v) is 2.61. The third-order valence-corrected chi connectivity index (χ3v) is 3.92. The number of hydrogen-bond donors (Lipinski definition) is 2. The van der Waals surface area contributed by atoms with Crippen LogP contribution in [0.4, 0.5) is 0 Å². The van der Waals surface area contributed by atoms with Crippen molar-refractivity contribution >= 4 is 17.2 Å². The molecule has 0 spiro atoms. The Bertz CT molecular complexity index is 510. The van der Waals surface area contributed by atoms with Gasteiger partial charge < -0.3 is 10.0 Å². The summed E-state index contributed by atoms with van der Waals surface area (Å²) in [7, 11) is 2.08. The molecule has 0 radical (unpaired) electrons. The lowest BCUT2D eigenvalue weighted by molar-refractivity contribution is 0.0663. The lowest BCUT2D eigenvalue weighted by Gasteiger charge is -2.32. The molecule has 0 bridgehead atoms. The van der Waals surface area contributed by atoms with E-state index >= 15 is 0 Å². The molecule has 0 saturated carbocycles. The smallest absolute Gasteiger partial charge is 0.266 e. The molecule has 1 saturated heterocycles. The van der Waals surface area contributed by atoms with E-state index in [2.05, 4.69) is 29.2 Å². The van der Waals surface area contributed by atoms with Crippen molar-refractivity contribution in [2.75, 3.05) is 39.8 Å². The Hall–Kier alpha value is -1.39. The Kier molecular flexibility index (Phi) is 5.56. The van der Waals surface area contributed by atoms with Gasteiger partial charge in [-0.15, -0.1) is 11.3 Å². The van der Waals surface area contributed by atoms with E-state index in [4.69, 9.17) is 5.11 Å². The van der Waals surface area contributed by atoms with Crippen LogP contribution >= 0.6 is 11.3 Å². The molecular formula is C14H19N3O2S. The predicted octanol–water partition coefficient (Wildman–Crippen LogP) is 0.374. The van der Waals surface area contributed by atoms with Crippen LogP contribution in [0.5, 0.6) is 0 Å². The van der Waals surface area contributed by atoms with Gasteiger partial charge in [0.2, 0.25) is 0 Å². The van der Waals surface area contributed by atoms with Gasteiger partial charge in [0.15, 0.2) is 0 Å². The average Bonchev–Trinajstić information content (AvgIpc) is 2.91. The summed E-state index contributed by atoms with van der Waals surface area (Å²) in [4.78, 5) is 15.2. The first-order chi connectivity index (χ1) is 9.69. The van der Waals surface area contributed by atoms with Crippen LogP contribution in [-0.2, 0) is 0 Å². The van der Waals surface area contributed by atoms with E-state index in [9.17, 15) is 4.79 Å². The molecule has 6 heteroatoms. The molecule has 1 fully saturated rings. The van der Waals surface area contributed by atoms with Gasteiger partial charge in [-0.1, -0.05) is 11.8 Å². The summed E-state index contributed by atoms with van der Waals surface area (Å²) >= 11 is 1.45. The van der Waals surface area contributed by atoms with Gasteiger partial charge in [0, 0.05) is 38.0 Å². The van der Waals surface area contributed by atoms with Gasteiger partial charge in [-0.3, -0.25) is 10.2 Å². The van der Waals surface area contributed by atoms with Crippen LogP contribution in [0.1, 0.15) is 21.7 Å². The van der Waals surface area contributed by atoms with Gasteiger partial charge in [0.1, 0.15) is 0 Å². The van der Waals surface area contributed by atoms with Crippen molar-refractivity contribution in [1.29, 1.82) is 0 Å². The maximum atomic E-state index is 12.1. The summed E-state index contributed by atoms with van der Waals surface area (Å²) in [6, 6.07) is 1.79. The molecule has 1 aliphatic heterocycles. The van der Waals surface area contributed by atoms with Gasteiger partial charge in [-0.05, 0) is 13.1 Å². The third kappa shape index (κ3) is 4.32. The van der Waals surface area contributed by atoms with Crippen molar-refractivity contribution in [3.63, 3.8) is 0 Å². The van der Waals surface area contributed by atoms with Gasteiger partial charge in [0.25, 0.3) is 5.91 Å². The van der Waals surface area contributed by atoms with Crippen LogP contribution in [0.15, 0.2) is 11.4 Å². The quantitative estimate of drug-likeness (QED) is 0.791. The number of carbonyl (C=O) groups is 1. The second-order valence-corrected chi connectivity index (χ2v) is 5.62. The fourth-order valence-electron chi connectivity index (χ4n) is 1.85. The summed E-state index contributed by atoms with van der Waals surface area (Å²) in [6.45, 7) is 3.67. The van der Waals surface area contributed by atoms with Gasteiger partial charge >= 0.3 is 0 Å². The molecular weight excluding hydrogens is 274 g/mol. The highest BCUT2D eigenvalue weighted by Gasteiger charge is 2.17. The maximum Gasteiger partial charge on any atom is 0.266 e. The van der Waals surface area contributed by atoms with E-state index in [-0.39, 0.29) is 12.5 Å². The number of rotatable bonds is 3. The highest BCUT2D eigenvalue weighted by Crippen LogP contribution is 2.13. The average molecular weight is 293 g/mol. The second kappa shape index (κ2) is 7.41. The molecule has 0 aliphatic carbocycles. The molecule has 1 amide bonds. The summed E-state index contributed by atoms with van der Waals surface area (Å²) in [5, 5.41) is 12.4. The van der Waals surface area contributed by atoms with Gasteiger partial charge in [-0.25, -0.2) is 5.01 Å². The van der Waals surface area contributed by atoms with Crippen molar-refractivity contribution in [2.45, 2.75) is 6.42 Å². The van der Waals surface area contributed by atoms with Crippen molar-refractivity contribution in [3.8, 4) is 11.8 Å². The number of nitrogens with one attached hydrogen (secondary N) is 1. The zero-order valence-corrected chi connectivity index (χ0v) is 12.4. The number of piperazine rings is 1. The van der Waals surface area contributed by atoms with Crippen molar-refractivity contribution in [3.05, 3.63) is 21.9 Å². The first-order valence-electron chi connectivity index (χ1n) is 6.62. The van der Waals surface area contributed by atoms with Crippen molar-refractivity contribution < 1.29 is 9.90 Å². The summed E-state index contributed by atoms with van der Waals surface area (Å²) in [5.41, 5.74) is 3.56. The van der Waals surface area contributed by atoms with Crippen LogP contribution in [-0.4, -0.2) is 60.8 Å². The van der Waals surface area contributed by atoms with Crippen LogP contribution in [0.3, 0.4) is 0 Å². The topological polar surface area (TPSA) is 55.8 Å². The molecule has 1 aromatic heterocycles. The standard InChI is InChI=1S/C14H19N3O2S/c1-16-5-7-17(8-6-16)15-14(19)12-10-13(20-11-12)4-2-3-9-18/h10-11,18H,3,5-9H2,1H3,(H,15,19). The zero-order valence-electron chi connectivity index (χ0n) is 11.6. The molecule has 5 nitrogen and oxygen atoms in total.